The van der Waals surface area contributed by atoms with Gasteiger partial charge in [-0.15, -0.1) is 0 Å². The predicted octanol–water partition coefficient (Wildman–Crippen LogP) is 3.65. The molecule has 2 unspecified atom stereocenters. The highest BCUT2D eigenvalue weighted by molar-refractivity contribution is 5.15. The molecule has 0 aliphatic heterocycles. The number of hydrogen-bond acceptors (Lipinski definition) is 3. The minimum absolute atomic E-state index is 0.0955. The Kier molecular flexibility index (Phi) is 4.13. The Hall–Kier alpha value is -1.37. The van der Waals surface area contributed by atoms with Crippen molar-refractivity contribution in [1.82, 2.24) is 5.32 Å². The summed E-state index contributed by atoms with van der Waals surface area (Å²) in [5.74, 6) is 2.36. The zero-order chi connectivity index (χ0) is 15.7. The van der Waals surface area contributed by atoms with Crippen LogP contribution in [0, 0.1) is 29.1 Å². The molecule has 0 amide bonds. The van der Waals surface area contributed by atoms with Gasteiger partial charge >= 0.3 is 0 Å². The van der Waals surface area contributed by atoms with Gasteiger partial charge in [0.25, 0.3) is 0 Å². The van der Waals surface area contributed by atoms with E-state index in [1.165, 1.54) is 37.7 Å². The van der Waals surface area contributed by atoms with Crippen LogP contribution in [0.5, 0.6) is 0 Å². The van der Waals surface area contributed by atoms with Crippen LogP contribution in [-0.4, -0.2) is 18.2 Å². The van der Waals surface area contributed by atoms with Crippen molar-refractivity contribution < 1.29 is 4.74 Å². The van der Waals surface area contributed by atoms with Gasteiger partial charge in [0.2, 0.25) is 0 Å². The largest absolute Gasteiger partial charge is 0.374 e. The van der Waals surface area contributed by atoms with E-state index in [1.54, 1.807) is 0 Å². The molecule has 0 heterocycles. The fourth-order valence-electron chi connectivity index (χ4n) is 5.60. The number of benzene rings is 1. The van der Waals surface area contributed by atoms with Crippen molar-refractivity contribution in [3.63, 3.8) is 0 Å². The monoisotopic (exact) mass is 310 g/mol. The molecule has 1 aromatic carbocycles. The van der Waals surface area contributed by atoms with Crippen LogP contribution in [0.3, 0.4) is 0 Å². The van der Waals surface area contributed by atoms with Gasteiger partial charge in [0.1, 0.15) is 0 Å². The first-order valence-corrected chi connectivity index (χ1v) is 9.06. The molecule has 23 heavy (non-hydrogen) atoms. The lowest BCUT2D eigenvalue weighted by Crippen LogP contribution is -2.61. The lowest BCUT2D eigenvalue weighted by Gasteiger charge is -2.59. The highest BCUT2D eigenvalue weighted by atomic mass is 16.5. The summed E-state index contributed by atoms with van der Waals surface area (Å²) in [7, 11) is 0. The molecule has 4 aliphatic carbocycles. The zero-order valence-corrected chi connectivity index (χ0v) is 13.7. The number of nitrogens with one attached hydrogen (secondary N) is 1. The first kappa shape index (κ1) is 15.2. The van der Waals surface area contributed by atoms with Crippen LogP contribution in [0.15, 0.2) is 30.3 Å². The van der Waals surface area contributed by atoms with E-state index < -0.39 is 0 Å². The molecule has 122 valence electrons. The van der Waals surface area contributed by atoms with Crippen molar-refractivity contribution in [3.05, 3.63) is 35.9 Å². The van der Waals surface area contributed by atoms with E-state index >= 15 is 0 Å². The van der Waals surface area contributed by atoms with Gasteiger partial charge in [-0.1, -0.05) is 30.3 Å². The first-order chi connectivity index (χ1) is 11.3. The Morgan fingerprint density at radius 2 is 1.87 bits per heavy atom. The highest BCUT2D eigenvalue weighted by Crippen LogP contribution is 2.57. The number of ether oxygens (including phenoxy) is 1. The molecule has 5 rings (SSSR count). The quantitative estimate of drug-likeness (QED) is 0.816. The maximum atomic E-state index is 8.76. The van der Waals surface area contributed by atoms with Crippen molar-refractivity contribution in [1.29, 1.82) is 5.26 Å². The van der Waals surface area contributed by atoms with Crippen molar-refractivity contribution >= 4 is 0 Å². The molecule has 4 bridgehead atoms. The average molecular weight is 310 g/mol. The van der Waals surface area contributed by atoms with Gasteiger partial charge in [-0.05, 0) is 55.4 Å². The topological polar surface area (TPSA) is 45.0 Å². The first-order valence-electron chi connectivity index (χ1n) is 9.06. The molecule has 0 spiro atoms. The summed E-state index contributed by atoms with van der Waals surface area (Å²) in [6.45, 7) is 1.59. The molecular formula is C20H26N2O. The average Bonchev–Trinajstić information content (AvgIpc) is 2.55. The van der Waals surface area contributed by atoms with Gasteiger partial charge in [0.15, 0.2) is 0 Å². The van der Waals surface area contributed by atoms with Gasteiger partial charge in [0, 0.05) is 12.6 Å². The zero-order valence-electron chi connectivity index (χ0n) is 13.7. The lowest BCUT2D eigenvalue weighted by atomic mass is 9.52. The molecular weight excluding hydrogens is 284 g/mol. The molecule has 0 saturated heterocycles. The van der Waals surface area contributed by atoms with Crippen LogP contribution in [0.1, 0.15) is 44.1 Å². The van der Waals surface area contributed by atoms with E-state index in [0.29, 0.717) is 19.1 Å². The van der Waals surface area contributed by atoms with Crippen LogP contribution in [0.25, 0.3) is 0 Å². The van der Waals surface area contributed by atoms with Gasteiger partial charge in [-0.25, -0.2) is 0 Å². The highest BCUT2D eigenvalue weighted by Gasteiger charge is 2.55. The second-order valence-corrected chi connectivity index (χ2v) is 7.80. The SMILES string of the molecule is N#CCCOC12CC3CC(C1)C(NCc1ccccc1)C(C3)C2. The Labute approximate surface area is 139 Å². The number of rotatable bonds is 6. The summed E-state index contributed by atoms with van der Waals surface area (Å²) in [5.41, 5.74) is 1.47. The van der Waals surface area contributed by atoms with Gasteiger partial charge in [-0.3, -0.25) is 0 Å². The van der Waals surface area contributed by atoms with Crippen molar-refractivity contribution in [2.24, 2.45) is 17.8 Å². The molecule has 4 aliphatic rings. The van der Waals surface area contributed by atoms with Crippen molar-refractivity contribution in [2.45, 2.75) is 56.7 Å². The van der Waals surface area contributed by atoms with E-state index in [2.05, 4.69) is 41.7 Å². The normalized spacial score (nSPS) is 37.7. The second-order valence-electron chi connectivity index (χ2n) is 7.80. The van der Waals surface area contributed by atoms with Crippen LogP contribution in [0.4, 0.5) is 0 Å². The lowest BCUT2D eigenvalue weighted by molar-refractivity contribution is -0.171. The van der Waals surface area contributed by atoms with Crippen molar-refractivity contribution in [3.8, 4) is 6.07 Å². The van der Waals surface area contributed by atoms with Crippen LogP contribution in [-0.2, 0) is 11.3 Å². The number of hydrogen-bond donors (Lipinski definition) is 1. The molecule has 1 aromatic rings. The van der Waals surface area contributed by atoms with Crippen LogP contribution >= 0.6 is 0 Å². The minimum atomic E-state index is 0.0955. The van der Waals surface area contributed by atoms with Gasteiger partial charge in [-0.2, -0.15) is 5.26 Å². The molecule has 3 heteroatoms. The van der Waals surface area contributed by atoms with Gasteiger partial charge in [0.05, 0.1) is 24.7 Å². The van der Waals surface area contributed by atoms with Crippen LogP contribution in [0.2, 0.25) is 0 Å². The third-order valence-corrected chi connectivity index (χ3v) is 6.22. The molecule has 1 N–H and O–H groups in total. The fraction of sp³-hybridized carbons (Fsp3) is 0.650. The molecule has 4 fully saturated rings. The standard InChI is InChI=1S/C20H26N2O/c21-7-4-8-23-20-11-16-9-17(12-20)19(18(10-16)13-20)22-14-15-5-2-1-3-6-15/h1-3,5-6,16-19,22H,4,8-14H2. The summed E-state index contributed by atoms with van der Waals surface area (Å²) < 4.78 is 6.24. The fourth-order valence-corrected chi connectivity index (χ4v) is 5.60. The molecule has 0 radical (unpaired) electrons. The van der Waals surface area contributed by atoms with Crippen LogP contribution < -0.4 is 5.32 Å². The smallest absolute Gasteiger partial charge is 0.0692 e. The summed E-state index contributed by atoms with van der Waals surface area (Å²) in [6, 6.07) is 13.6. The van der Waals surface area contributed by atoms with Crippen molar-refractivity contribution in [2.75, 3.05) is 6.61 Å². The summed E-state index contributed by atoms with van der Waals surface area (Å²) >= 11 is 0. The maximum Gasteiger partial charge on any atom is 0.0692 e. The number of nitriles is 1. The summed E-state index contributed by atoms with van der Waals surface area (Å²) in [6.07, 6.45) is 6.88. The molecule has 2 atom stereocenters. The third-order valence-electron chi connectivity index (χ3n) is 6.22. The second kappa shape index (κ2) is 6.26. The Morgan fingerprint density at radius 1 is 1.13 bits per heavy atom. The van der Waals surface area contributed by atoms with E-state index in [0.717, 1.165) is 24.3 Å². The Morgan fingerprint density at radius 3 is 2.57 bits per heavy atom. The predicted molar refractivity (Wildman–Crippen MR) is 89.5 cm³/mol. The summed E-state index contributed by atoms with van der Waals surface area (Å²) in [5, 5.41) is 12.6. The molecule has 3 nitrogen and oxygen atoms in total. The Balaban J connectivity index is 1.40. The maximum absolute atomic E-state index is 8.76. The molecule has 0 aromatic heterocycles. The third kappa shape index (κ3) is 3.03. The van der Waals surface area contributed by atoms with Gasteiger partial charge < -0.3 is 10.1 Å². The van der Waals surface area contributed by atoms with E-state index in [-0.39, 0.29) is 5.60 Å². The van der Waals surface area contributed by atoms with E-state index in [1.807, 2.05) is 0 Å². The Bertz CT molecular complexity index is 563. The molecule has 4 saturated carbocycles. The number of nitrogens with zero attached hydrogens (tertiary/aromatic N) is 1. The van der Waals surface area contributed by atoms with E-state index in [4.69, 9.17) is 10.00 Å². The minimum Gasteiger partial charge on any atom is -0.374 e. The van der Waals surface area contributed by atoms with E-state index in [9.17, 15) is 0 Å². The summed E-state index contributed by atoms with van der Waals surface area (Å²) in [4.78, 5) is 0.